The maximum atomic E-state index is 13.7. The average Bonchev–Trinajstić information content (AvgIpc) is 3.21. The quantitative estimate of drug-likeness (QED) is 0.831. The third kappa shape index (κ3) is 4.30. The van der Waals surface area contributed by atoms with Crippen LogP contribution in [0.3, 0.4) is 0 Å². The molecule has 3 nitrogen and oxygen atoms in total. The van der Waals surface area contributed by atoms with Crippen LogP contribution in [0.15, 0.2) is 24.3 Å². The molecule has 0 atom stereocenters. The van der Waals surface area contributed by atoms with Gasteiger partial charge in [0.2, 0.25) is 5.91 Å². The van der Waals surface area contributed by atoms with Crippen molar-refractivity contribution in [3.05, 3.63) is 35.6 Å². The Labute approximate surface area is 120 Å². The van der Waals surface area contributed by atoms with Crippen molar-refractivity contribution in [3.8, 4) is 0 Å². The summed E-state index contributed by atoms with van der Waals surface area (Å²) < 4.78 is 13.7. The van der Waals surface area contributed by atoms with Crippen LogP contribution in [0.1, 0.15) is 38.7 Å². The Morgan fingerprint density at radius 1 is 1.40 bits per heavy atom. The first-order valence-electron chi connectivity index (χ1n) is 7.34. The summed E-state index contributed by atoms with van der Waals surface area (Å²) >= 11 is 0. The number of carbonyl (C=O) groups excluding carboxylic acids is 1. The number of carbonyl (C=O) groups is 1. The average molecular weight is 278 g/mol. The molecule has 20 heavy (non-hydrogen) atoms. The van der Waals surface area contributed by atoms with Crippen molar-refractivity contribution in [1.29, 1.82) is 0 Å². The van der Waals surface area contributed by atoms with Crippen LogP contribution in [0.25, 0.3) is 0 Å². The van der Waals surface area contributed by atoms with Crippen molar-refractivity contribution in [2.75, 3.05) is 6.54 Å². The van der Waals surface area contributed by atoms with Crippen molar-refractivity contribution >= 4 is 5.91 Å². The largest absolute Gasteiger partial charge is 0.335 e. The summed E-state index contributed by atoms with van der Waals surface area (Å²) in [5.41, 5.74) is 0.601. The van der Waals surface area contributed by atoms with E-state index in [1.165, 1.54) is 6.07 Å². The standard InChI is InChI=1S/C16H23FN2O/c1-12(2)18-10-9-16(20)19(14-7-8-14)11-13-5-3-4-6-15(13)17/h3-6,12,14,18H,7-11H2,1-2H3. The summed E-state index contributed by atoms with van der Waals surface area (Å²) in [6, 6.07) is 7.38. The molecule has 1 fully saturated rings. The molecule has 1 aliphatic carbocycles. The molecule has 1 aromatic rings. The van der Waals surface area contributed by atoms with Gasteiger partial charge < -0.3 is 10.2 Å². The summed E-state index contributed by atoms with van der Waals surface area (Å²) in [7, 11) is 0. The lowest BCUT2D eigenvalue weighted by molar-refractivity contribution is -0.132. The van der Waals surface area contributed by atoms with E-state index >= 15 is 0 Å². The Kier molecular flexibility index (Phi) is 5.12. The molecule has 0 unspecified atom stereocenters. The molecule has 1 N–H and O–H groups in total. The summed E-state index contributed by atoms with van der Waals surface area (Å²) in [4.78, 5) is 14.1. The van der Waals surface area contributed by atoms with E-state index < -0.39 is 0 Å². The first-order valence-corrected chi connectivity index (χ1v) is 7.34. The zero-order chi connectivity index (χ0) is 14.5. The van der Waals surface area contributed by atoms with E-state index in [0.29, 0.717) is 37.2 Å². The van der Waals surface area contributed by atoms with Crippen molar-refractivity contribution in [3.63, 3.8) is 0 Å². The maximum Gasteiger partial charge on any atom is 0.224 e. The van der Waals surface area contributed by atoms with Crippen molar-refractivity contribution in [2.45, 2.75) is 51.7 Å². The molecular formula is C16H23FN2O. The Bertz CT molecular complexity index is 458. The first kappa shape index (κ1) is 15.0. The Hall–Kier alpha value is -1.42. The van der Waals surface area contributed by atoms with E-state index in [9.17, 15) is 9.18 Å². The van der Waals surface area contributed by atoms with E-state index in [0.717, 1.165) is 12.8 Å². The first-order chi connectivity index (χ1) is 9.58. The van der Waals surface area contributed by atoms with E-state index in [-0.39, 0.29) is 11.7 Å². The highest BCUT2D eigenvalue weighted by Gasteiger charge is 2.32. The molecule has 1 amide bonds. The van der Waals surface area contributed by atoms with Gasteiger partial charge in [0.15, 0.2) is 0 Å². The number of hydrogen-bond donors (Lipinski definition) is 1. The molecule has 0 aliphatic heterocycles. The topological polar surface area (TPSA) is 32.3 Å². The molecule has 2 rings (SSSR count). The monoisotopic (exact) mass is 278 g/mol. The number of benzene rings is 1. The summed E-state index contributed by atoms with van der Waals surface area (Å²) in [6.45, 7) is 5.18. The number of rotatable bonds is 7. The highest BCUT2D eigenvalue weighted by atomic mass is 19.1. The van der Waals surface area contributed by atoms with Gasteiger partial charge in [-0.1, -0.05) is 32.0 Å². The number of hydrogen-bond acceptors (Lipinski definition) is 2. The van der Waals surface area contributed by atoms with Gasteiger partial charge in [0.1, 0.15) is 5.82 Å². The van der Waals surface area contributed by atoms with Crippen molar-refractivity contribution < 1.29 is 9.18 Å². The van der Waals surface area contributed by atoms with Crippen LogP contribution in [0.5, 0.6) is 0 Å². The molecule has 1 saturated carbocycles. The highest BCUT2D eigenvalue weighted by molar-refractivity contribution is 5.77. The minimum Gasteiger partial charge on any atom is -0.335 e. The van der Waals surface area contributed by atoms with E-state index in [1.807, 2.05) is 11.0 Å². The number of amides is 1. The summed E-state index contributed by atoms with van der Waals surface area (Å²) in [5, 5.41) is 3.24. The van der Waals surface area contributed by atoms with Gasteiger partial charge in [-0.25, -0.2) is 4.39 Å². The molecule has 0 spiro atoms. The lowest BCUT2D eigenvalue weighted by Gasteiger charge is -2.23. The zero-order valence-electron chi connectivity index (χ0n) is 12.2. The Morgan fingerprint density at radius 3 is 2.70 bits per heavy atom. The molecule has 1 aliphatic rings. The summed E-state index contributed by atoms with van der Waals surface area (Å²) in [5.74, 6) is -0.116. The third-order valence-electron chi connectivity index (χ3n) is 3.50. The van der Waals surface area contributed by atoms with Gasteiger partial charge in [-0.15, -0.1) is 0 Å². The molecule has 0 radical (unpaired) electrons. The fraction of sp³-hybridized carbons (Fsp3) is 0.562. The molecule has 110 valence electrons. The van der Waals surface area contributed by atoms with Gasteiger partial charge >= 0.3 is 0 Å². The van der Waals surface area contributed by atoms with Crippen LogP contribution in [0.4, 0.5) is 4.39 Å². The lowest BCUT2D eigenvalue weighted by Crippen LogP contribution is -2.35. The van der Waals surface area contributed by atoms with E-state index in [2.05, 4.69) is 19.2 Å². The minimum atomic E-state index is -0.230. The number of nitrogens with one attached hydrogen (secondary N) is 1. The predicted octanol–water partition coefficient (Wildman–Crippen LogP) is 2.70. The second-order valence-electron chi connectivity index (χ2n) is 5.70. The molecule has 0 saturated heterocycles. The zero-order valence-corrected chi connectivity index (χ0v) is 12.2. The smallest absolute Gasteiger partial charge is 0.224 e. The molecule has 0 heterocycles. The highest BCUT2D eigenvalue weighted by Crippen LogP contribution is 2.29. The van der Waals surface area contributed by atoms with Gasteiger partial charge in [-0.2, -0.15) is 0 Å². The molecule has 1 aromatic carbocycles. The van der Waals surface area contributed by atoms with Gasteiger partial charge in [-0.3, -0.25) is 4.79 Å². The maximum absolute atomic E-state index is 13.7. The molecule has 4 heteroatoms. The van der Waals surface area contributed by atoms with Crippen LogP contribution in [0, 0.1) is 5.82 Å². The lowest BCUT2D eigenvalue weighted by atomic mass is 10.2. The molecule has 0 aromatic heterocycles. The number of halogens is 1. The van der Waals surface area contributed by atoms with Crippen LogP contribution in [-0.4, -0.2) is 29.4 Å². The van der Waals surface area contributed by atoms with Crippen molar-refractivity contribution in [1.82, 2.24) is 10.2 Å². The third-order valence-corrected chi connectivity index (χ3v) is 3.50. The van der Waals surface area contributed by atoms with Gasteiger partial charge in [0.25, 0.3) is 0 Å². The Balaban J connectivity index is 1.93. The fourth-order valence-corrected chi connectivity index (χ4v) is 2.23. The van der Waals surface area contributed by atoms with Gasteiger partial charge in [0, 0.05) is 37.2 Å². The minimum absolute atomic E-state index is 0.115. The van der Waals surface area contributed by atoms with Gasteiger partial charge in [0.05, 0.1) is 0 Å². The van der Waals surface area contributed by atoms with E-state index in [4.69, 9.17) is 0 Å². The number of nitrogens with zero attached hydrogens (tertiary/aromatic N) is 1. The van der Waals surface area contributed by atoms with Gasteiger partial charge in [-0.05, 0) is 18.9 Å². The second-order valence-corrected chi connectivity index (χ2v) is 5.70. The van der Waals surface area contributed by atoms with Crippen LogP contribution >= 0.6 is 0 Å². The Morgan fingerprint density at radius 2 is 2.10 bits per heavy atom. The SMILES string of the molecule is CC(C)NCCC(=O)N(Cc1ccccc1F)C1CC1. The second kappa shape index (κ2) is 6.84. The fourth-order valence-electron chi connectivity index (χ4n) is 2.23. The normalized spacial score (nSPS) is 14.6. The predicted molar refractivity (Wildman–Crippen MR) is 77.7 cm³/mol. The van der Waals surface area contributed by atoms with Crippen molar-refractivity contribution in [2.24, 2.45) is 0 Å². The van der Waals surface area contributed by atoms with Crippen LogP contribution in [0.2, 0.25) is 0 Å². The molecular weight excluding hydrogens is 255 g/mol. The van der Waals surface area contributed by atoms with Crippen LogP contribution < -0.4 is 5.32 Å². The molecule has 0 bridgehead atoms. The summed E-state index contributed by atoms with van der Waals surface area (Å²) in [6.07, 6.45) is 2.55. The van der Waals surface area contributed by atoms with Crippen LogP contribution in [-0.2, 0) is 11.3 Å². The van der Waals surface area contributed by atoms with E-state index in [1.54, 1.807) is 12.1 Å².